The summed E-state index contributed by atoms with van der Waals surface area (Å²) in [5.41, 5.74) is 2.06. The van der Waals surface area contributed by atoms with Crippen LogP contribution in [0.1, 0.15) is 27.9 Å². The van der Waals surface area contributed by atoms with Gasteiger partial charge in [0.05, 0.1) is 11.3 Å². The van der Waals surface area contributed by atoms with Crippen molar-refractivity contribution in [2.75, 3.05) is 19.4 Å². The van der Waals surface area contributed by atoms with Crippen LogP contribution in [-0.4, -0.2) is 39.7 Å². The molecule has 7 heteroatoms. The van der Waals surface area contributed by atoms with E-state index < -0.39 is 15.8 Å². The summed E-state index contributed by atoms with van der Waals surface area (Å²) in [5.74, 6) is -1.07. The molecule has 0 aliphatic heterocycles. The molecule has 144 valence electrons. The second-order valence-corrected chi connectivity index (χ2v) is 8.42. The first-order chi connectivity index (χ1) is 12.8. The van der Waals surface area contributed by atoms with Gasteiger partial charge in [-0.05, 0) is 36.1 Å². The number of ether oxygens (including phenoxy) is 1. The summed E-state index contributed by atoms with van der Waals surface area (Å²) in [7, 11) is -3.13. The highest BCUT2D eigenvalue weighted by atomic mass is 32.2. The Labute approximate surface area is 159 Å². The quantitative estimate of drug-likeness (QED) is 0.524. The van der Waals surface area contributed by atoms with Crippen LogP contribution in [0.15, 0.2) is 54.6 Å². The Balaban J connectivity index is 1.69. The van der Waals surface area contributed by atoms with Crippen molar-refractivity contribution in [1.82, 2.24) is 5.32 Å². The molecule has 1 amide bonds. The van der Waals surface area contributed by atoms with Crippen molar-refractivity contribution < 1.29 is 22.7 Å². The Morgan fingerprint density at radius 1 is 0.963 bits per heavy atom. The molecule has 1 N–H and O–H groups in total. The summed E-state index contributed by atoms with van der Waals surface area (Å²) < 4.78 is 27.5. The van der Waals surface area contributed by atoms with Crippen molar-refractivity contribution in [3.63, 3.8) is 0 Å². The van der Waals surface area contributed by atoms with Crippen LogP contribution < -0.4 is 5.32 Å². The van der Waals surface area contributed by atoms with Crippen molar-refractivity contribution in [2.45, 2.75) is 18.6 Å². The summed E-state index contributed by atoms with van der Waals surface area (Å²) in [6.45, 7) is 0.153. The van der Waals surface area contributed by atoms with Gasteiger partial charge in [0.2, 0.25) is 0 Å². The Hall–Kier alpha value is -2.67. The van der Waals surface area contributed by atoms with E-state index >= 15 is 0 Å². The van der Waals surface area contributed by atoms with Crippen LogP contribution in [0.4, 0.5) is 0 Å². The normalized spacial score (nSPS) is 11.0. The third-order valence-electron chi connectivity index (χ3n) is 3.76. The van der Waals surface area contributed by atoms with Gasteiger partial charge >= 0.3 is 5.97 Å². The lowest BCUT2D eigenvalue weighted by atomic mass is 10.1. The van der Waals surface area contributed by atoms with E-state index in [2.05, 4.69) is 5.32 Å². The molecule has 0 unspecified atom stereocenters. The minimum absolute atomic E-state index is 0.0896. The number of esters is 1. The second kappa shape index (κ2) is 9.87. The third kappa shape index (κ3) is 8.04. The predicted octanol–water partition coefficient (Wildman–Crippen LogP) is 2.14. The first-order valence-electron chi connectivity index (χ1n) is 8.58. The largest absolute Gasteiger partial charge is 0.452 e. The molecule has 6 nitrogen and oxygen atoms in total. The lowest BCUT2D eigenvalue weighted by Crippen LogP contribution is -2.29. The first-order valence-corrected chi connectivity index (χ1v) is 10.6. The van der Waals surface area contributed by atoms with E-state index in [4.69, 9.17) is 4.74 Å². The van der Waals surface area contributed by atoms with Crippen LogP contribution in [0.3, 0.4) is 0 Å². The van der Waals surface area contributed by atoms with Crippen LogP contribution in [0, 0.1) is 0 Å². The summed E-state index contributed by atoms with van der Waals surface area (Å²) in [4.78, 5) is 23.7. The van der Waals surface area contributed by atoms with E-state index in [0.717, 1.165) is 19.1 Å². The van der Waals surface area contributed by atoms with Crippen LogP contribution in [0.2, 0.25) is 0 Å². The lowest BCUT2D eigenvalue weighted by Gasteiger charge is -2.07. The van der Waals surface area contributed by atoms with Crippen molar-refractivity contribution in [2.24, 2.45) is 0 Å². The maximum atomic E-state index is 11.9. The highest BCUT2D eigenvalue weighted by molar-refractivity contribution is 7.89. The van der Waals surface area contributed by atoms with E-state index in [9.17, 15) is 18.0 Å². The van der Waals surface area contributed by atoms with Gasteiger partial charge in [0.1, 0.15) is 0 Å². The number of sulfone groups is 1. The van der Waals surface area contributed by atoms with Crippen molar-refractivity contribution in [1.29, 1.82) is 0 Å². The van der Waals surface area contributed by atoms with Crippen LogP contribution in [0.5, 0.6) is 0 Å². The fourth-order valence-electron chi connectivity index (χ4n) is 2.47. The molecule has 0 spiro atoms. The molecule has 2 rings (SSSR count). The number of hydrogen-bond donors (Lipinski definition) is 1. The molecule has 0 atom stereocenters. The monoisotopic (exact) mass is 389 g/mol. The topological polar surface area (TPSA) is 89.5 Å². The maximum Gasteiger partial charge on any atom is 0.338 e. The molecule has 0 radical (unpaired) electrons. The highest BCUT2D eigenvalue weighted by Gasteiger charge is 2.11. The SMILES string of the molecule is CS(=O)(=O)Cc1ccc(C(=O)OCC(=O)NCCCc2ccccc2)cc1. The standard InChI is InChI=1S/C20H23NO5S/c1-27(24,25)15-17-9-11-18(12-10-17)20(23)26-14-19(22)21-13-5-8-16-6-3-2-4-7-16/h2-4,6-7,9-12H,5,8,13-15H2,1H3,(H,21,22). The molecule has 0 aliphatic carbocycles. The van der Waals surface area contributed by atoms with Crippen molar-refractivity contribution in [3.8, 4) is 0 Å². The number of amides is 1. The zero-order chi connectivity index (χ0) is 19.7. The maximum absolute atomic E-state index is 11.9. The predicted molar refractivity (Wildman–Crippen MR) is 103 cm³/mol. The molecule has 0 fully saturated rings. The average Bonchev–Trinajstić information content (AvgIpc) is 2.63. The van der Waals surface area contributed by atoms with Gasteiger partial charge < -0.3 is 10.1 Å². The number of hydrogen-bond acceptors (Lipinski definition) is 5. The molecule has 2 aromatic carbocycles. The van der Waals surface area contributed by atoms with Gasteiger partial charge in [-0.25, -0.2) is 13.2 Å². The molecule has 0 aromatic heterocycles. The van der Waals surface area contributed by atoms with Gasteiger partial charge in [-0.2, -0.15) is 0 Å². The van der Waals surface area contributed by atoms with Crippen LogP contribution >= 0.6 is 0 Å². The van der Waals surface area contributed by atoms with E-state index in [0.29, 0.717) is 12.1 Å². The Morgan fingerprint density at radius 3 is 2.26 bits per heavy atom. The molecular weight excluding hydrogens is 366 g/mol. The molecule has 0 aliphatic rings. The Kier molecular flexibility index (Phi) is 7.55. The fraction of sp³-hybridized carbons (Fsp3) is 0.300. The number of rotatable bonds is 9. The zero-order valence-corrected chi connectivity index (χ0v) is 16.0. The van der Waals surface area contributed by atoms with Crippen molar-refractivity contribution >= 4 is 21.7 Å². The Bertz CT molecular complexity index is 861. The lowest BCUT2D eigenvalue weighted by molar-refractivity contribution is -0.124. The molecular formula is C20H23NO5S. The van der Waals surface area contributed by atoms with Crippen LogP contribution in [0.25, 0.3) is 0 Å². The zero-order valence-electron chi connectivity index (χ0n) is 15.2. The molecule has 2 aromatic rings. The first kappa shape index (κ1) is 20.6. The third-order valence-corrected chi connectivity index (χ3v) is 4.62. The summed E-state index contributed by atoms with van der Waals surface area (Å²) in [6, 6.07) is 16.1. The smallest absolute Gasteiger partial charge is 0.338 e. The minimum atomic E-state index is -3.13. The molecule has 0 saturated carbocycles. The second-order valence-electron chi connectivity index (χ2n) is 6.28. The Morgan fingerprint density at radius 2 is 1.63 bits per heavy atom. The molecule has 27 heavy (non-hydrogen) atoms. The van der Waals surface area contributed by atoms with Gasteiger partial charge in [0.25, 0.3) is 5.91 Å². The van der Waals surface area contributed by atoms with E-state index in [-0.39, 0.29) is 23.8 Å². The average molecular weight is 389 g/mol. The summed E-state index contributed by atoms with van der Waals surface area (Å²) >= 11 is 0. The number of aryl methyl sites for hydroxylation is 1. The molecule has 0 heterocycles. The minimum Gasteiger partial charge on any atom is -0.452 e. The summed E-state index contributed by atoms with van der Waals surface area (Å²) in [5, 5.41) is 2.71. The number of nitrogens with one attached hydrogen (secondary N) is 1. The van der Waals surface area contributed by atoms with Crippen molar-refractivity contribution in [3.05, 3.63) is 71.3 Å². The van der Waals surface area contributed by atoms with Gasteiger partial charge in [-0.1, -0.05) is 42.5 Å². The van der Waals surface area contributed by atoms with E-state index in [1.807, 2.05) is 30.3 Å². The number of benzene rings is 2. The fourth-order valence-corrected chi connectivity index (χ4v) is 3.27. The van der Waals surface area contributed by atoms with Gasteiger partial charge in [-0.15, -0.1) is 0 Å². The van der Waals surface area contributed by atoms with Gasteiger partial charge in [0.15, 0.2) is 16.4 Å². The van der Waals surface area contributed by atoms with E-state index in [1.165, 1.54) is 17.7 Å². The van der Waals surface area contributed by atoms with Gasteiger partial charge in [0, 0.05) is 12.8 Å². The van der Waals surface area contributed by atoms with E-state index in [1.54, 1.807) is 12.1 Å². The number of carbonyl (C=O) groups is 2. The highest BCUT2D eigenvalue weighted by Crippen LogP contribution is 2.09. The summed E-state index contributed by atoms with van der Waals surface area (Å²) in [6.07, 6.45) is 2.81. The van der Waals surface area contributed by atoms with Crippen LogP contribution in [-0.2, 0) is 31.5 Å². The van der Waals surface area contributed by atoms with Gasteiger partial charge in [-0.3, -0.25) is 4.79 Å². The molecule has 0 saturated heterocycles. The molecule has 0 bridgehead atoms. The number of carbonyl (C=O) groups excluding carboxylic acids is 2.